The standard InChI is InChI=1S/C35H46N4O3/c1-35(2,3)38-33(40)31(23-26-15-17-30(18-16-26)42-25-28-11-7-5-8-12-28)37-34(41)32(24-27-19-21-36-22-20-27)39(4)29-13-9-6-10-14-29/h5,7-8,11-12,15-22,29,31-32H,6,9-10,13-14,23-25H2,1-4H3,(H,37,41)(H,38,40). The summed E-state index contributed by atoms with van der Waals surface area (Å²) in [6.07, 6.45) is 10.2. The summed E-state index contributed by atoms with van der Waals surface area (Å²) in [5.74, 6) is 0.439. The van der Waals surface area contributed by atoms with E-state index in [1.807, 2.05) is 87.5 Å². The molecule has 1 aliphatic carbocycles. The first-order valence-electron chi connectivity index (χ1n) is 15.2. The fraction of sp³-hybridized carbons (Fsp3) is 0.457. The van der Waals surface area contributed by atoms with Gasteiger partial charge >= 0.3 is 0 Å². The average molecular weight is 571 g/mol. The maximum atomic E-state index is 14.0. The Balaban J connectivity index is 1.49. The Morgan fingerprint density at radius 3 is 2.14 bits per heavy atom. The SMILES string of the molecule is CN(C1CCCCC1)C(Cc1ccncc1)C(=O)NC(Cc1ccc(OCc2ccccc2)cc1)C(=O)NC(C)(C)C. The first kappa shape index (κ1) is 31.2. The number of rotatable bonds is 12. The molecule has 7 heteroatoms. The first-order valence-corrected chi connectivity index (χ1v) is 15.2. The van der Waals surface area contributed by atoms with Crippen LogP contribution in [0.15, 0.2) is 79.1 Å². The van der Waals surface area contributed by atoms with Gasteiger partial charge < -0.3 is 15.4 Å². The zero-order chi connectivity index (χ0) is 30.0. The highest BCUT2D eigenvalue weighted by atomic mass is 16.5. The fourth-order valence-electron chi connectivity index (χ4n) is 5.54. The summed E-state index contributed by atoms with van der Waals surface area (Å²) in [4.78, 5) is 33.9. The largest absolute Gasteiger partial charge is 0.489 e. The normalized spacial score (nSPS) is 15.5. The maximum absolute atomic E-state index is 14.0. The van der Waals surface area contributed by atoms with Crippen molar-refractivity contribution in [2.75, 3.05) is 7.05 Å². The molecular formula is C35H46N4O3. The number of likely N-dealkylation sites (N-methyl/N-ethyl adjacent to an activating group) is 1. The summed E-state index contributed by atoms with van der Waals surface area (Å²) >= 11 is 0. The van der Waals surface area contributed by atoms with Crippen molar-refractivity contribution in [3.8, 4) is 5.75 Å². The van der Waals surface area contributed by atoms with E-state index >= 15 is 0 Å². The number of aromatic nitrogens is 1. The molecule has 0 bridgehead atoms. The van der Waals surface area contributed by atoms with Crippen molar-refractivity contribution in [1.82, 2.24) is 20.5 Å². The van der Waals surface area contributed by atoms with Crippen LogP contribution in [0.4, 0.5) is 0 Å². The Morgan fingerprint density at radius 2 is 1.50 bits per heavy atom. The Labute approximate surface area is 251 Å². The van der Waals surface area contributed by atoms with Crippen LogP contribution in [-0.4, -0.2) is 52.4 Å². The molecule has 0 spiro atoms. The number of nitrogens with zero attached hydrogens (tertiary/aromatic N) is 2. The van der Waals surface area contributed by atoms with E-state index in [1.54, 1.807) is 12.4 Å². The predicted molar refractivity (Wildman–Crippen MR) is 167 cm³/mol. The number of ether oxygens (including phenoxy) is 1. The molecule has 4 rings (SSSR count). The van der Waals surface area contributed by atoms with Crippen LogP contribution in [0.5, 0.6) is 5.75 Å². The van der Waals surface area contributed by atoms with Crippen LogP contribution >= 0.6 is 0 Å². The summed E-state index contributed by atoms with van der Waals surface area (Å²) in [5.41, 5.74) is 2.67. The summed E-state index contributed by atoms with van der Waals surface area (Å²) in [7, 11) is 2.06. The number of nitrogens with one attached hydrogen (secondary N) is 2. The van der Waals surface area contributed by atoms with Gasteiger partial charge in [-0.05, 0) is 88.0 Å². The molecule has 1 aromatic heterocycles. The lowest BCUT2D eigenvalue weighted by Gasteiger charge is -2.37. The molecule has 0 radical (unpaired) electrons. The van der Waals surface area contributed by atoms with E-state index in [9.17, 15) is 9.59 Å². The summed E-state index contributed by atoms with van der Waals surface area (Å²) in [6.45, 7) is 6.34. The van der Waals surface area contributed by atoms with E-state index in [-0.39, 0.29) is 11.8 Å². The van der Waals surface area contributed by atoms with Crippen molar-refractivity contribution in [3.05, 3.63) is 95.8 Å². The van der Waals surface area contributed by atoms with Gasteiger partial charge in [0.25, 0.3) is 0 Å². The average Bonchev–Trinajstić information content (AvgIpc) is 2.99. The van der Waals surface area contributed by atoms with Gasteiger partial charge in [-0.1, -0.05) is 61.7 Å². The third-order valence-corrected chi connectivity index (χ3v) is 7.87. The molecule has 2 aromatic carbocycles. The van der Waals surface area contributed by atoms with E-state index in [1.165, 1.54) is 19.3 Å². The van der Waals surface area contributed by atoms with Crippen molar-refractivity contribution in [2.24, 2.45) is 0 Å². The second-order valence-corrected chi connectivity index (χ2v) is 12.5. The third-order valence-electron chi connectivity index (χ3n) is 7.87. The monoisotopic (exact) mass is 570 g/mol. The molecule has 1 aliphatic rings. The van der Waals surface area contributed by atoms with E-state index in [0.29, 0.717) is 25.5 Å². The molecule has 224 valence electrons. The second kappa shape index (κ2) is 15.0. The van der Waals surface area contributed by atoms with Gasteiger partial charge in [0.1, 0.15) is 18.4 Å². The Kier molecular flexibility index (Phi) is 11.1. The number of benzene rings is 2. The number of carbonyl (C=O) groups is 2. The predicted octanol–water partition coefficient (Wildman–Crippen LogP) is 5.48. The fourth-order valence-corrected chi connectivity index (χ4v) is 5.54. The molecule has 1 saturated carbocycles. The minimum Gasteiger partial charge on any atom is -0.489 e. The second-order valence-electron chi connectivity index (χ2n) is 12.5. The van der Waals surface area contributed by atoms with Crippen LogP contribution in [-0.2, 0) is 29.0 Å². The highest BCUT2D eigenvalue weighted by Gasteiger charge is 2.33. The van der Waals surface area contributed by atoms with E-state index in [4.69, 9.17) is 4.74 Å². The van der Waals surface area contributed by atoms with Crippen LogP contribution < -0.4 is 15.4 Å². The molecule has 2 atom stereocenters. The van der Waals surface area contributed by atoms with Gasteiger partial charge in [0.15, 0.2) is 0 Å². The minimum atomic E-state index is -0.715. The van der Waals surface area contributed by atoms with Gasteiger partial charge in [-0.15, -0.1) is 0 Å². The highest BCUT2D eigenvalue weighted by Crippen LogP contribution is 2.24. The van der Waals surface area contributed by atoms with Gasteiger partial charge in [-0.2, -0.15) is 0 Å². The molecule has 1 heterocycles. The van der Waals surface area contributed by atoms with Crippen molar-refractivity contribution < 1.29 is 14.3 Å². The molecule has 2 N–H and O–H groups in total. The Bertz CT molecular complexity index is 1250. The van der Waals surface area contributed by atoms with E-state index in [0.717, 1.165) is 35.3 Å². The summed E-state index contributed by atoms with van der Waals surface area (Å²) in [5, 5.41) is 6.23. The van der Waals surface area contributed by atoms with Gasteiger partial charge in [0.05, 0.1) is 6.04 Å². The number of amides is 2. The van der Waals surface area contributed by atoms with E-state index in [2.05, 4.69) is 27.6 Å². The molecule has 0 saturated heterocycles. The number of carbonyl (C=O) groups excluding carboxylic acids is 2. The maximum Gasteiger partial charge on any atom is 0.243 e. The van der Waals surface area contributed by atoms with Crippen molar-refractivity contribution in [3.63, 3.8) is 0 Å². The van der Waals surface area contributed by atoms with Crippen LogP contribution in [0.3, 0.4) is 0 Å². The van der Waals surface area contributed by atoms with Gasteiger partial charge in [0, 0.05) is 30.4 Å². The highest BCUT2D eigenvalue weighted by molar-refractivity contribution is 5.90. The minimum absolute atomic E-state index is 0.128. The van der Waals surface area contributed by atoms with E-state index < -0.39 is 17.6 Å². The Morgan fingerprint density at radius 1 is 0.857 bits per heavy atom. The Hall–Kier alpha value is -3.71. The van der Waals surface area contributed by atoms with Gasteiger partial charge in [0.2, 0.25) is 11.8 Å². The number of hydrogen-bond donors (Lipinski definition) is 2. The topological polar surface area (TPSA) is 83.6 Å². The number of pyridine rings is 1. The quantitative estimate of drug-likeness (QED) is 0.301. The molecular weight excluding hydrogens is 524 g/mol. The summed E-state index contributed by atoms with van der Waals surface area (Å²) < 4.78 is 5.94. The van der Waals surface area contributed by atoms with Crippen molar-refractivity contribution >= 4 is 11.8 Å². The van der Waals surface area contributed by atoms with Crippen LogP contribution in [0.1, 0.15) is 69.6 Å². The lowest BCUT2D eigenvalue weighted by atomic mass is 9.92. The zero-order valence-electron chi connectivity index (χ0n) is 25.5. The molecule has 7 nitrogen and oxygen atoms in total. The molecule has 3 aromatic rings. The van der Waals surface area contributed by atoms with Crippen LogP contribution in [0, 0.1) is 0 Å². The van der Waals surface area contributed by atoms with Crippen LogP contribution in [0.25, 0.3) is 0 Å². The molecule has 42 heavy (non-hydrogen) atoms. The molecule has 1 fully saturated rings. The summed E-state index contributed by atoms with van der Waals surface area (Å²) in [6, 6.07) is 21.0. The first-order chi connectivity index (χ1) is 20.2. The zero-order valence-corrected chi connectivity index (χ0v) is 25.5. The van der Waals surface area contributed by atoms with Crippen molar-refractivity contribution in [1.29, 1.82) is 0 Å². The lowest BCUT2D eigenvalue weighted by Crippen LogP contribution is -2.58. The van der Waals surface area contributed by atoms with Gasteiger partial charge in [-0.3, -0.25) is 19.5 Å². The molecule has 0 aliphatic heterocycles. The van der Waals surface area contributed by atoms with Crippen LogP contribution in [0.2, 0.25) is 0 Å². The van der Waals surface area contributed by atoms with Crippen molar-refractivity contribution in [2.45, 2.75) is 96.0 Å². The third kappa shape index (κ3) is 9.69. The lowest BCUT2D eigenvalue weighted by molar-refractivity contribution is -0.133. The molecule has 2 amide bonds. The smallest absolute Gasteiger partial charge is 0.243 e. The molecule has 2 unspecified atom stereocenters. The van der Waals surface area contributed by atoms with Gasteiger partial charge in [-0.25, -0.2) is 0 Å². The number of hydrogen-bond acceptors (Lipinski definition) is 5.